The summed E-state index contributed by atoms with van der Waals surface area (Å²) in [5, 5.41) is 9.58. The van der Waals surface area contributed by atoms with Crippen LogP contribution in [0.1, 0.15) is 5.56 Å². The van der Waals surface area contributed by atoms with Crippen LogP contribution in [-0.2, 0) is 6.42 Å². The second-order valence-electron chi connectivity index (χ2n) is 4.76. The number of rotatable bonds is 4. The Morgan fingerprint density at radius 1 is 1.00 bits per heavy atom. The van der Waals surface area contributed by atoms with Crippen molar-refractivity contribution in [1.82, 2.24) is 4.90 Å². The van der Waals surface area contributed by atoms with Crippen LogP contribution in [0, 0.1) is 0 Å². The van der Waals surface area contributed by atoms with Crippen LogP contribution in [0.3, 0.4) is 0 Å². The molecular weight excluding hydrogens is 258 g/mol. The van der Waals surface area contributed by atoms with Crippen LogP contribution in [0.2, 0.25) is 0 Å². The van der Waals surface area contributed by atoms with E-state index in [1.165, 1.54) is 11.1 Å². The lowest BCUT2D eigenvalue weighted by atomic mass is 9.97. The molecule has 2 aromatic carbocycles. The number of hydrogen-bond donors (Lipinski definition) is 1. The van der Waals surface area contributed by atoms with Crippen LogP contribution >= 0.6 is 12.4 Å². The lowest BCUT2D eigenvalue weighted by Gasteiger charge is -2.13. The van der Waals surface area contributed by atoms with Crippen LogP contribution in [0.5, 0.6) is 5.75 Å². The summed E-state index contributed by atoms with van der Waals surface area (Å²) < 4.78 is 0. The fourth-order valence-corrected chi connectivity index (χ4v) is 2.04. The van der Waals surface area contributed by atoms with Crippen molar-refractivity contribution in [2.24, 2.45) is 0 Å². The van der Waals surface area contributed by atoms with E-state index in [1.807, 2.05) is 24.3 Å². The van der Waals surface area contributed by atoms with Gasteiger partial charge in [0.15, 0.2) is 0 Å². The maximum absolute atomic E-state index is 9.58. The summed E-state index contributed by atoms with van der Waals surface area (Å²) >= 11 is 0. The van der Waals surface area contributed by atoms with E-state index in [1.54, 1.807) is 6.07 Å². The molecule has 0 radical (unpaired) electrons. The van der Waals surface area contributed by atoms with Crippen molar-refractivity contribution < 1.29 is 5.11 Å². The smallest absolute Gasteiger partial charge is 0.116 e. The molecular formula is C16H20ClNO. The minimum atomic E-state index is 0. The Morgan fingerprint density at radius 3 is 2.42 bits per heavy atom. The first-order chi connectivity index (χ1) is 8.66. The van der Waals surface area contributed by atoms with Gasteiger partial charge in [0.1, 0.15) is 5.75 Å². The molecule has 2 nitrogen and oxygen atoms in total. The van der Waals surface area contributed by atoms with Crippen LogP contribution < -0.4 is 0 Å². The number of phenolic OH excluding ortho intramolecular Hbond substituents is 1. The normalized spacial score (nSPS) is 10.3. The molecule has 0 aliphatic carbocycles. The highest BCUT2D eigenvalue weighted by atomic mass is 35.5. The molecule has 0 aliphatic heterocycles. The molecule has 0 aromatic heterocycles. The van der Waals surface area contributed by atoms with Gasteiger partial charge in [-0.1, -0.05) is 36.4 Å². The molecule has 0 saturated heterocycles. The van der Waals surface area contributed by atoms with E-state index in [4.69, 9.17) is 0 Å². The van der Waals surface area contributed by atoms with Gasteiger partial charge >= 0.3 is 0 Å². The van der Waals surface area contributed by atoms with E-state index >= 15 is 0 Å². The Hall–Kier alpha value is -1.51. The number of phenols is 1. The second-order valence-corrected chi connectivity index (χ2v) is 4.76. The van der Waals surface area contributed by atoms with Crippen molar-refractivity contribution in [1.29, 1.82) is 0 Å². The SMILES string of the molecule is CN(C)CCc1ccccc1-c1cccc(O)c1.Cl. The van der Waals surface area contributed by atoms with E-state index in [0.717, 1.165) is 18.5 Å². The molecule has 0 saturated carbocycles. The molecule has 0 fully saturated rings. The zero-order valence-corrected chi connectivity index (χ0v) is 12.2. The quantitative estimate of drug-likeness (QED) is 0.923. The van der Waals surface area contributed by atoms with E-state index < -0.39 is 0 Å². The lowest BCUT2D eigenvalue weighted by Crippen LogP contribution is -2.15. The molecule has 19 heavy (non-hydrogen) atoms. The number of nitrogens with zero attached hydrogens (tertiary/aromatic N) is 1. The van der Waals surface area contributed by atoms with Crippen LogP contribution in [0.4, 0.5) is 0 Å². The first kappa shape index (κ1) is 15.5. The highest BCUT2D eigenvalue weighted by Gasteiger charge is 2.05. The topological polar surface area (TPSA) is 23.5 Å². The predicted octanol–water partition coefficient (Wildman–Crippen LogP) is 3.59. The van der Waals surface area contributed by atoms with E-state index in [2.05, 4.69) is 37.2 Å². The number of hydrogen-bond acceptors (Lipinski definition) is 2. The van der Waals surface area contributed by atoms with Gasteiger partial charge in [-0.25, -0.2) is 0 Å². The molecule has 0 spiro atoms. The Bertz CT molecular complexity index is 526. The van der Waals surface area contributed by atoms with Crippen LogP contribution in [-0.4, -0.2) is 30.6 Å². The number of likely N-dealkylation sites (N-methyl/N-ethyl adjacent to an activating group) is 1. The summed E-state index contributed by atoms with van der Waals surface area (Å²) in [6.45, 7) is 1.02. The summed E-state index contributed by atoms with van der Waals surface area (Å²) in [4.78, 5) is 2.18. The highest BCUT2D eigenvalue weighted by molar-refractivity contribution is 5.85. The zero-order chi connectivity index (χ0) is 13.0. The Balaban J connectivity index is 0.00000180. The number of benzene rings is 2. The summed E-state index contributed by atoms with van der Waals surface area (Å²) in [6.07, 6.45) is 1.01. The first-order valence-corrected chi connectivity index (χ1v) is 6.19. The van der Waals surface area contributed by atoms with Crippen molar-refractivity contribution in [2.45, 2.75) is 6.42 Å². The van der Waals surface area contributed by atoms with E-state index in [9.17, 15) is 5.11 Å². The van der Waals surface area contributed by atoms with Gasteiger partial charge in [-0.15, -0.1) is 12.4 Å². The number of aromatic hydroxyl groups is 1. The van der Waals surface area contributed by atoms with Gasteiger partial charge in [-0.05, 0) is 49.3 Å². The Morgan fingerprint density at radius 2 is 1.74 bits per heavy atom. The zero-order valence-electron chi connectivity index (χ0n) is 11.3. The summed E-state index contributed by atoms with van der Waals surface area (Å²) in [6, 6.07) is 15.8. The maximum atomic E-state index is 9.58. The van der Waals surface area contributed by atoms with Gasteiger partial charge < -0.3 is 10.0 Å². The van der Waals surface area contributed by atoms with E-state index in [-0.39, 0.29) is 12.4 Å². The molecule has 3 heteroatoms. The maximum Gasteiger partial charge on any atom is 0.116 e. The molecule has 0 heterocycles. The number of halogens is 1. The average molecular weight is 278 g/mol. The van der Waals surface area contributed by atoms with Gasteiger partial charge in [-0.3, -0.25) is 0 Å². The minimum absolute atomic E-state index is 0. The molecule has 102 valence electrons. The third kappa shape index (κ3) is 4.27. The molecule has 2 rings (SSSR count). The minimum Gasteiger partial charge on any atom is -0.508 e. The van der Waals surface area contributed by atoms with Crippen molar-refractivity contribution in [3.05, 3.63) is 54.1 Å². The largest absolute Gasteiger partial charge is 0.508 e. The van der Waals surface area contributed by atoms with E-state index in [0.29, 0.717) is 5.75 Å². The molecule has 0 amide bonds. The highest BCUT2D eigenvalue weighted by Crippen LogP contribution is 2.26. The molecule has 0 unspecified atom stereocenters. The Labute approximate surface area is 121 Å². The average Bonchev–Trinajstić information content (AvgIpc) is 2.36. The second kappa shape index (κ2) is 7.17. The summed E-state index contributed by atoms with van der Waals surface area (Å²) in [5.74, 6) is 0.315. The summed E-state index contributed by atoms with van der Waals surface area (Å²) in [5.41, 5.74) is 3.59. The summed E-state index contributed by atoms with van der Waals surface area (Å²) in [7, 11) is 4.16. The van der Waals surface area contributed by atoms with Crippen molar-refractivity contribution in [3.8, 4) is 16.9 Å². The molecule has 2 aromatic rings. The van der Waals surface area contributed by atoms with Gasteiger partial charge in [0.25, 0.3) is 0 Å². The lowest BCUT2D eigenvalue weighted by molar-refractivity contribution is 0.414. The first-order valence-electron chi connectivity index (χ1n) is 6.19. The monoisotopic (exact) mass is 277 g/mol. The van der Waals surface area contributed by atoms with Gasteiger partial charge in [0.2, 0.25) is 0 Å². The van der Waals surface area contributed by atoms with Crippen molar-refractivity contribution in [3.63, 3.8) is 0 Å². The molecule has 0 bridgehead atoms. The van der Waals surface area contributed by atoms with Gasteiger partial charge in [-0.2, -0.15) is 0 Å². The van der Waals surface area contributed by atoms with Crippen molar-refractivity contribution >= 4 is 12.4 Å². The van der Waals surface area contributed by atoms with Gasteiger partial charge in [0, 0.05) is 6.54 Å². The standard InChI is InChI=1S/C16H19NO.ClH/c1-17(2)11-10-13-6-3-4-9-16(13)14-7-5-8-15(18)12-14;/h3-9,12,18H,10-11H2,1-2H3;1H. The Kier molecular flexibility index (Phi) is 5.87. The fraction of sp³-hybridized carbons (Fsp3) is 0.250. The fourth-order valence-electron chi connectivity index (χ4n) is 2.04. The molecule has 1 N–H and O–H groups in total. The third-order valence-electron chi connectivity index (χ3n) is 3.00. The van der Waals surface area contributed by atoms with Gasteiger partial charge in [0.05, 0.1) is 0 Å². The predicted molar refractivity (Wildman–Crippen MR) is 83.0 cm³/mol. The van der Waals surface area contributed by atoms with Crippen LogP contribution in [0.25, 0.3) is 11.1 Å². The molecule has 0 aliphatic rings. The third-order valence-corrected chi connectivity index (χ3v) is 3.00. The van der Waals surface area contributed by atoms with Crippen molar-refractivity contribution in [2.75, 3.05) is 20.6 Å². The molecule has 0 atom stereocenters. The van der Waals surface area contributed by atoms with Crippen LogP contribution in [0.15, 0.2) is 48.5 Å².